The van der Waals surface area contributed by atoms with Crippen LogP contribution in [0.25, 0.3) is 10.9 Å². The zero-order valence-corrected chi connectivity index (χ0v) is 15.9. The van der Waals surface area contributed by atoms with Crippen molar-refractivity contribution in [3.8, 4) is 6.07 Å². The number of nitrogens with one attached hydrogen (secondary N) is 2. The Morgan fingerprint density at radius 3 is 2.79 bits per heavy atom. The Bertz CT molecular complexity index is 1010. The van der Waals surface area contributed by atoms with Gasteiger partial charge in [0.15, 0.2) is 0 Å². The number of carbonyl (C=O) groups excluding carboxylic acids is 1. The lowest BCUT2D eigenvalue weighted by Gasteiger charge is -2.34. The number of carbonyl (C=O) groups is 1. The van der Waals surface area contributed by atoms with E-state index in [1.807, 2.05) is 0 Å². The molecule has 1 aliphatic carbocycles. The Morgan fingerprint density at radius 1 is 1.39 bits per heavy atom. The predicted molar refractivity (Wildman–Crippen MR) is 104 cm³/mol. The second-order valence-electron chi connectivity index (χ2n) is 7.64. The van der Waals surface area contributed by atoms with E-state index < -0.39 is 5.56 Å². The summed E-state index contributed by atoms with van der Waals surface area (Å²) >= 11 is 0. The molecule has 0 aromatic carbocycles. The monoisotopic (exact) mass is 381 g/mol. The van der Waals surface area contributed by atoms with Crippen LogP contribution in [0.5, 0.6) is 0 Å². The minimum atomic E-state index is -0.421. The average molecular weight is 381 g/mol. The number of piperidine rings is 1. The van der Waals surface area contributed by atoms with E-state index in [1.54, 1.807) is 13.2 Å². The van der Waals surface area contributed by atoms with Crippen molar-refractivity contribution in [3.63, 3.8) is 0 Å². The van der Waals surface area contributed by atoms with Crippen molar-refractivity contribution in [1.29, 1.82) is 5.26 Å². The summed E-state index contributed by atoms with van der Waals surface area (Å²) < 4.78 is 4.94. The van der Waals surface area contributed by atoms with Crippen LogP contribution in [0.1, 0.15) is 41.7 Å². The summed E-state index contributed by atoms with van der Waals surface area (Å²) in [5.41, 5.74) is 1.54. The third-order valence-corrected chi connectivity index (χ3v) is 5.90. The molecule has 0 radical (unpaired) electrons. The summed E-state index contributed by atoms with van der Waals surface area (Å²) in [6.45, 7) is 2.41. The molecule has 1 saturated heterocycles. The first-order chi connectivity index (χ1) is 13.6. The average Bonchev–Trinajstić information content (AvgIpc) is 3.46. The molecule has 4 rings (SSSR count). The van der Waals surface area contributed by atoms with Gasteiger partial charge < -0.3 is 19.9 Å². The first-order valence-electron chi connectivity index (χ1n) is 9.55. The maximum absolute atomic E-state index is 12.4. The molecular weight excluding hydrogens is 358 g/mol. The van der Waals surface area contributed by atoms with Crippen LogP contribution in [-0.4, -0.2) is 49.2 Å². The molecule has 1 spiro atoms. The van der Waals surface area contributed by atoms with Gasteiger partial charge in [0.05, 0.1) is 24.0 Å². The molecule has 1 saturated carbocycles. The first-order valence-corrected chi connectivity index (χ1v) is 9.55. The number of nitrogens with zero attached hydrogens (tertiary/aromatic N) is 3. The number of H-pyrrole nitrogens is 1. The van der Waals surface area contributed by atoms with Crippen LogP contribution < -0.4 is 15.8 Å². The highest BCUT2D eigenvalue weighted by atomic mass is 16.5. The number of methoxy groups -OCH3 is 1. The number of aromatic nitrogens is 2. The van der Waals surface area contributed by atoms with E-state index in [2.05, 4.69) is 26.3 Å². The summed E-state index contributed by atoms with van der Waals surface area (Å²) in [7, 11) is 1.57. The number of anilines is 1. The SMILES string of the molecule is COCCNC(=O)c1cc2c(N3CCC4(CC3)CC4)c(C#N)c(=O)[nH]c2cn1. The maximum Gasteiger partial charge on any atom is 0.269 e. The third-order valence-electron chi connectivity index (χ3n) is 5.90. The largest absolute Gasteiger partial charge is 0.383 e. The predicted octanol–water partition coefficient (Wildman–Crippen LogP) is 1.55. The molecule has 1 amide bonds. The highest BCUT2D eigenvalue weighted by Crippen LogP contribution is 2.54. The van der Waals surface area contributed by atoms with Gasteiger partial charge in [-0.2, -0.15) is 5.26 Å². The fourth-order valence-electron chi connectivity index (χ4n) is 3.97. The Kier molecular flexibility index (Phi) is 4.77. The fraction of sp³-hybridized carbons (Fsp3) is 0.500. The Labute approximate surface area is 162 Å². The number of hydrogen-bond donors (Lipinski definition) is 2. The van der Waals surface area contributed by atoms with Gasteiger partial charge >= 0.3 is 0 Å². The van der Waals surface area contributed by atoms with Gasteiger partial charge in [0.2, 0.25) is 0 Å². The third kappa shape index (κ3) is 3.34. The van der Waals surface area contributed by atoms with E-state index in [9.17, 15) is 14.9 Å². The molecule has 2 aliphatic rings. The van der Waals surface area contributed by atoms with Crippen LogP contribution in [0.2, 0.25) is 0 Å². The molecule has 8 nitrogen and oxygen atoms in total. The van der Waals surface area contributed by atoms with E-state index in [4.69, 9.17) is 4.74 Å². The lowest BCUT2D eigenvalue weighted by molar-refractivity contribution is 0.0932. The van der Waals surface area contributed by atoms with Crippen molar-refractivity contribution in [1.82, 2.24) is 15.3 Å². The molecule has 2 aromatic rings. The number of amides is 1. The molecule has 0 bridgehead atoms. The number of hydrogen-bond acceptors (Lipinski definition) is 6. The molecule has 2 aromatic heterocycles. The number of rotatable bonds is 5. The van der Waals surface area contributed by atoms with Crippen LogP contribution >= 0.6 is 0 Å². The van der Waals surface area contributed by atoms with E-state index in [0.29, 0.717) is 35.2 Å². The highest BCUT2D eigenvalue weighted by Gasteiger charge is 2.44. The summed E-state index contributed by atoms with van der Waals surface area (Å²) in [6, 6.07) is 3.72. The van der Waals surface area contributed by atoms with Gasteiger partial charge in [0, 0.05) is 32.1 Å². The molecule has 1 aliphatic heterocycles. The number of fused-ring (bicyclic) bond motifs is 1. The standard InChI is InChI=1S/C20H23N5O3/c1-28-9-6-22-19(27)15-10-13-16(12-23-15)24-18(26)14(11-21)17(13)25-7-4-20(2-3-20)5-8-25/h10,12H,2-9H2,1H3,(H,22,27)(H,24,26). The summed E-state index contributed by atoms with van der Waals surface area (Å²) in [6.07, 6.45) is 6.18. The topological polar surface area (TPSA) is 111 Å². The van der Waals surface area contributed by atoms with Crippen LogP contribution in [0, 0.1) is 16.7 Å². The Hall–Kier alpha value is -2.92. The van der Waals surface area contributed by atoms with E-state index in [-0.39, 0.29) is 17.2 Å². The highest BCUT2D eigenvalue weighted by molar-refractivity contribution is 6.00. The van der Waals surface area contributed by atoms with Gasteiger partial charge in [-0.25, -0.2) is 4.98 Å². The van der Waals surface area contributed by atoms with Crippen LogP contribution in [0.4, 0.5) is 5.69 Å². The summed E-state index contributed by atoms with van der Waals surface area (Å²) in [5.74, 6) is -0.315. The molecule has 146 valence electrons. The quantitative estimate of drug-likeness (QED) is 0.760. The fourth-order valence-corrected chi connectivity index (χ4v) is 3.97. The first kappa shape index (κ1) is 18.4. The molecule has 28 heavy (non-hydrogen) atoms. The minimum Gasteiger partial charge on any atom is -0.383 e. The van der Waals surface area contributed by atoms with Crippen molar-refractivity contribution in [2.24, 2.45) is 5.41 Å². The van der Waals surface area contributed by atoms with Gasteiger partial charge in [-0.05, 0) is 37.2 Å². The van der Waals surface area contributed by atoms with Gasteiger partial charge in [-0.3, -0.25) is 9.59 Å². The zero-order valence-electron chi connectivity index (χ0n) is 15.9. The van der Waals surface area contributed by atoms with E-state index in [0.717, 1.165) is 25.9 Å². The minimum absolute atomic E-state index is 0.0937. The maximum atomic E-state index is 12.4. The van der Waals surface area contributed by atoms with Crippen molar-refractivity contribution in [3.05, 3.63) is 33.9 Å². The molecular formula is C20H23N5O3. The van der Waals surface area contributed by atoms with Crippen molar-refractivity contribution >= 4 is 22.5 Å². The molecule has 0 unspecified atom stereocenters. The van der Waals surface area contributed by atoms with Crippen LogP contribution in [0.15, 0.2) is 17.1 Å². The molecule has 2 N–H and O–H groups in total. The van der Waals surface area contributed by atoms with E-state index in [1.165, 1.54) is 19.0 Å². The lowest BCUT2D eigenvalue weighted by atomic mass is 9.92. The number of ether oxygens (including phenoxy) is 1. The van der Waals surface area contributed by atoms with Crippen molar-refractivity contribution in [2.75, 3.05) is 38.3 Å². The second-order valence-corrected chi connectivity index (χ2v) is 7.64. The molecule has 8 heteroatoms. The summed E-state index contributed by atoms with van der Waals surface area (Å²) in [4.78, 5) is 33.8. The summed E-state index contributed by atoms with van der Waals surface area (Å²) in [5, 5.41) is 13.0. The van der Waals surface area contributed by atoms with Gasteiger partial charge in [0.1, 0.15) is 17.3 Å². The zero-order chi connectivity index (χ0) is 19.7. The number of pyridine rings is 2. The smallest absolute Gasteiger partial charge is 0.269 e. The Balaban J connectivity index is 1.74. The molecule has 3 heterocycles. The van der Waals surface area contributed by atoms with Crippen molar-refractivity contribution < 1.29 is 9.53 Å². The Morgan fingerprint density at radius 2 is 2.14 bits per heavy atom. The molecule has 0 atom stereocenters. The van der Waals surface area contributed by atoms with Gasteiger partial charge in [0.25, 0.3) is 11.5 Å². The number of nitriles is 1. The van der Waals surface area contributed by atoms with Gasteiger partial charge in [-0.15, -0.1) is 0 Å². The van der Waals surface area contributed by atoms with Crippen LogP contribution in [-0.2, 0) is 4.74 Å². The lowest BCUT2D eigenvalue weighted by Crippen LogP contribution is -2.36. The van der Waals surface area contributed by atoms with Crippen molar-refractivity contribution in [2.45, 2.75) is 25.7 Å². The molecule has 2 fully saturated rings. The van der Waals surface area contributed by atoms with Gasteiger partial charge in [-0.1, -0.05) is 0 Å². The number of aromatic amines is 1. The normalized spacial score (nSPS) is 17.5. The second kappa shape index (κ2) is 7.24. The van der Waals surface area contributed by atoms with Crippen LogP contribution in [0.3, 0.4) is 0 Å². The van der Waals surface area contributed by atoms with E-state index >= 15 is 0 Å².